The predicted octanol–water partition coefficient (Wildman–Crippen LogP) is 3.40. The molecule has 5 heteroatoms. The summed E-state index contributed by atoms with van der Waals surface area (Å²) in [5, 5.41) is 2.93. The SMILES string of the molecule is Cc1cc(NC(=O)N2CC(C)OC(C)C2)ccc1Br. The second kappa shape index (κ2) is 5.92. The number of amides is 2. The first kappa shape index (κ1) is 14.3. The maximum atomic E-state index is 12.2. The highest BCUT2D eigenvalue weighted by Crippen LogP contribution is 2.20. The summed E-state index contributed by atoms with van der Waals surface area (Å²) in [6, 6.07) is 5.72. The Kier molecular flexibility index (Phi) is 4.47. The minimum atomic E-state index is -0.0660. The zero-order chi connectivity index (χ0) is 14.0. The van der Waals surface area contributed by atoms with Crippen LogP contribution in [0.3, 0.4) is 0 Å². The smallest absolute Gasteiger partial charge is 0.322 e. The van der Waals surface area contributed by atoms with Gasteiger partial charge in [0.05, 0.1) is 12.2 Å². The molecule has 1 aliphatic heterocycles. The van der Waals surface area contributed by atoms with Crippen LogP contribution in [0.4, 0.5) is 10.5 Å². The molecular formula is C14H19BrN2O2. The number of nitrogens with one attached hydrogen (secondary N) is 1. The minimum Gasteiger partial charge on any atom is -0.372 e. The number of halogens is 1. The number of aryl methyl sites for hydroxylation is 1. The molecule has 0 bridgehead atoms. The van der Waals surface area contributed by atoms with E-state index in [-0.39, 0.29) is 18.2 Å². The van der Waals surface area contributed by atoms with E-state index in [0.29, 0.717) is 13.1 Å². The Balaban J connectivity index is 2.02. The Bertz CT molecular complexity index is 469. The number of urea groups is 1. The maximum Gasteiger partial charge on any atom is 0.322 e. The monoisotopic (exact) mass is 326 g/mol. The molecule has 2 amide bonds. The van der Waals surface area contributed by atoms with Crippen LogP contribution in [0.1, 0.15) is 19.4 Å². The average Bonchev–Trinajstić information content (AvgIpc) is 2.32. The molecule has 2 atom stereocenters. The first-order valence-corrected chi connectivity index (χ1v) is 7.22. The predicted molar refractivity (Wildman–Crippen MR) is 79.5 cm³/mol. The Labute approximate surface area is 122 Å². The van der Waals surface area contributed by atoms with Crippen LogP contribution in [0.25, 0.3) is 0 Å². The van der Waals surface area contributed by atoms with E-state index in [1.807, 2.05) is 39.0 Å². The number of hydrogen-bond donors (Lipinski definition) is 1. The van der Waals surface area contributed by atoms with Crippen LogP contribution in [0.15, 0.2) is 22.7 Å². The van der Waals surface area contributed by atoms with Gasteiger partial charge >= 0.3 is 6.03 Å². The van der Waals surface area contributed by atoms with Crippen molar-refractivity contribution in [2.45, 2.75) is 33.0 Å². The van der Waals surface area contributed by atoms with Gasteiger partial charge in [-0.15, -0.1) is 0 Å². The Morgan fingerprint density at radius 2 is 2.00 bits per heavy atom. The quantitative estimate of drug-likeness (QED) is 0.859. The first-order chi connectivity index (χ1) is 8.95. The van der Waals surface area contributed by atoms with Crippen LogP contribution in [0.5, 0.6) is 0 Å². The highest BCUT2D eigenvalue weighted by atomic mass is 79.9. The van der Waals surface area contributed by atoms with Crippen molar-refractivity contribution in [1.29, 1.82) is 0 Å². The normalized spacial score (nSPS) is 23.3. The number of carbonyl (C=O) groups is 1. The van der Waals surface area contributed by atoms with Gasteiger partial charge in [-0.3, -0.25) is 0 Å². The van der Waals surface area contributed by atoms with E-state index in [1.54, 1.807) is 4.90 Å². The number of benzene rings is 1. The van der Waals surface area contributed by atoms with Crippen molar-refractivity contribution in [3.05, 3.63) is 28.2 Å². The summed E-state index contributed by atoms with van der Waals surface area (Å²) < 4.78 is 6.66. The summed E-state index contributed by atoms with van der Waals surface area (Å²) in [5.41, 5.74) is 1.92. The van der Waals surface area contributed by atoms with Gasteiger partial charge in [-0.05, 0) is 44.5 Å². The second-order valence-electron chi connectivity index (χ2n) is 5.06. The third kappa shape index (κ3) is 3.70. The molecule has 1 aromatic carbocycles. The van der Waals surface area contributed by atoms with E-state index in [2.05, 4.69) is 21.2 Å². The molecule has 1 saturated heterocycles. The highest BCUT2D eigenvalue weighted by molar-refractivity contribution is 9.10. The Morgan fingerprint density at radius 1 is 1.37 bits per heavy atom. The molecule has 19 heavy (non-hydrogen) atoms. The topological polar surface area (TPSA) is 41.6 Å². The molecule has 0 saturated carbocycles. The standard InChI is InChI=1S/C14H19BrN2O2/c1-9-6-12(4-5-13(9)15)16-14(18)17-7-10(2)19-11(3)8-17/h4-6,10-11H,7-8H2,1-3H3,(H,16,18). The molecule has 1 N–H and O–H groups in total. The van der Waals surface area contributed by atoms with Crippen LogP contribution >= 0.6 is 15.9 Å². The summed E-state index contributed by atoms with van der Waals surface area (Å²) >= 11 is 3.45. The lowest BCUT2D eigenvalue weighted by Crippen LogP contribution is -2.49. The van der Waals surface area contributed by atoms with Gasteiger partial charge in [0.1, 0.15) is 0 Å². The fraction of sp³-hybridized carbons (Fsp3) is 0.500. The fourth-order valence-electron chi connectivity index (χ4n) is 2.27. The molecule has 1 aromatic rings. The van der Waals surface area contributed by atoms with Gasteiger partial charge in [-0.1, -0.05) is 15.9 Å². The van der Waals surface area contributed by atoms with E-state index < -0.39 is 0 Å². The van der Waals surface area contributed by atoms with Gasteiger partial charge in [-0.25, -0.2) is 4.79 Å². The summed E-state index contributed by atoms with van der Waals surface area (Å²) in [6.45, 7) is 7.23. The van der Waals surface area contributed by atoms with Gasteiger partial charge in [0.25, 0.3) is 0 Å². The van der Waals surface area contributed by atoms with E-state index in [0.717, 1.165) is 15.7 Å². The lowest BCUT2D eigenvalue weighted by Gasteiger charge is -2.35. The van der Waals surface area contributed by atoms with Crippen molar-refractivity contribution in [3.63, 3.8) is 0 Å². The molecule has 0 spiro atoms. The molecular weight excluding hydrogens is 308 g/mol. The van der Waals surface area contributed by atoms with Crippen LogP contribution in [-0.2, 0) is 4.74 Å². The Hall–Kier alpha value is -1.07. The zero-order valence-corrected chi connectivity index (χ0v) is 13.0. The molecule has 0 radical (unpaired) electrons. The van der Waals surface area contributed by atoms with Gasteiger partial charge in [0.15, 0.2) is 0 Å². The second-order valence-corrected chi connectivity index (χ2v) is 5.91. The number of carbonyl (C=O) groups excluding carboxylic acids is 1. The molecule has 1 aliphatic rings. The lowest BCUT2D eigenvalue weighted by atomic mass is 10.2. The van der Waals surface area contributed by atoms with Gasteiger partial charge < -0.3 is 15.0 Å². The number of anilines is 1. The maximum absolute atomic E-state index is 12.2. The first-order valence-electron chi connectivity index (χ1n) is 6.43. The fourth-order valence-corrected chi connectivity index (χ4v) is 2.52. The van der Waals surface area contributed by atoms with Gasteiger partial charge in [-0.2, -0.15) is 0 Å². The van der Waals surface area contributed by atoms with E-state index in [4.69, 9.17) is 4.74 Å². The molecule has 1 heterocycles. The van der Waals surface area contributed by atoms with Crippen molar-refractivity contribution in [3.8, 4) is 0 Å². The largest absolute Gasteiger partial charge is 0.372 e. The molecule has 0 aliphatic carbocycles. The van der Waals surface area contributed by atoms with E-state index >= 15 is 0 Å². The summed E-state index contributed by atoms with van der Waals surface area (Å²) in [5.74, 6) is 0. The van der Waals surface area contributed by atoms with Crippen LogP contribution in [0, 0.1) is 6.92 Å². The zero-order valence-electron chi connectivity index (χ0n) is 11.4. The number of hydrogen-bond acceptors (Lipinski definition) is 2. The van der Waals surface area contributed by atoms with Crippen molar-refractivity contribution < 1.29 is 9.53 Å². The highest BCUT2D eigenvalue weighted by Gasteiger charge is 2.25. The molecule has 4 nitrogen and oxygen atoms in total. The van der Waals surface area contributed by atoms with Crippen LogP contribution in [-0.4, -0.2) is 36.2 Å². The van der Waals surface area contributed by atoms with Crippen molar-refractivity contribution in [2.75, 3.05) is 18.4 Å². The van der Waals surface area contributed by atoms with Crippen molar-refractivity contribution in [2.24, 2.45) is 0 Å². The minimum absolute atomic E-state index is 0.0660. The van der Waals surface area contributed by atoms with E-state index in [9.17, 15) is 4.79 Å². The summed E-state index contributed by atoms with van der Waals surface area (Å²) in [6.07, 6.45) is 0.169. The average molecular weight is 327 g/mol. The van der Waals surface area contributed by atoms with Gasteiger partial charge in [0, 0.05) is 23.2 Å². The van der Waals surface area contributed by atoms with Gasteiger partial charge in [0.2, 0.25) is 0 Å². The summed E-state index contributed by atoms with van der Waals surface area (Å²) in [7, 11) is 0. The van der Waals surface area contributed by atoms with Crippen LogP contribution in [0.2, 0.25) is 0 Å². The number of rotatable bonds is 1. The molecule has 104 valence electrons. The molecule has 2 unspecified atom stereocenters. The number of morpholine rings is 1. The van der Waals surface area contributed by atoms with Crippen LogP contribution < -0.4 is 5.32 Å². The van der Waals surface area contributed by atoms with Crippen molar-refractivity contribution >= 4 is 27.6 Å². The molecule has 0 aromatic heterocycles. The van der Waals surface area contributed by atoms with Crippen molar-refractivity contribution in [1.82, 2.24) is 4.90 Å². The summed E-state index contributed by atoms with van der Waals surface area (Å²) in [4.78, 5) is 14.0. The Morgan fingerprint density at radius 3 is 2.58 bits per heavy atom. The lowest BCUT2D eigenvalue weighted by molar-refractivity contribution is -0.0530. The molecule has 2 rings (SSSR count). The third-order valence-corrected chi connectivity index (χ3v) is 4.01. The number of ether oxygens (including phenoxy) is 1. The number of nitrogens with zero attached hydrogens (tertiary/aromatic N) is 1. The third-order valence-electron chi connectivity index (χ3n) is 3.12. The molecule has 1 fully saturated rings. The van der Waals surface area contributed by atoms with E-state index in [1.165, 1.54) is 0 Å².